The van der Waals surface area contributed by atoms with E-state index in [1.165, 1.54) is 0 Å². The van der Waals surface area contributed by atoms with Crippen LogP contribution in [0.3, 0.4) is 0 Å². The van der Waals surface area contributed by atoms with E-state index < -0.39 is 0 Å². The van der Waals surface area contributed by atoms with Gasteiger partial charge in [-0.2, -0.15) is 0 Å². The Bertz CT molecular complexity index is 836. The summed E-state index contributed by atoms with van der Waals surface area (Å²) in [5.41, 5.74) is 3.23. The SMILES string of the molecule is CN(C)c1ccc(CNC(=O)C2CCN(C(=O)C=Cc3ccccc3)CC2)cc1. The van der Waals surface area contributed by atoms with E-state index in [1.54, 1.807) is 6.08 Å². The molecule has 0 radical (unpaired) electrons. The maximum absolute atomic E-state index is 12.5. The number of benzene rings is 2. The van der Waals surface area contributed by atoms with Gasteiger partial charge in [-0.3, -0.25) is 9.59 Å². The summed E-state index contributed by atoms with van der Waals surface area (Å²) in [5, 5.41) is 3.04. The number of nitrogens with zero attached hydrogens (tertiary/aromatic N) is 2. The molecule has 0 bridgehead atoms. The standard InChI is InChI=1S/C24H29N3O2/c1-26(2)22-11-8-20(9-12-22)18-25-24(29)21-14-16-27(17-15-21)23(28)13-10-19-6-4-3-5-7-19/h3-13,21H,14-18H2,1-2H3,(H,25,29). The highest BCUT2D eigenvalue weighted by Crippen LogP contribution is 2.18. The Labute approximate surface area is 173 Å². The van der Waals surface area contributed by atoms with Crippen LogP contribution in [0.1, 0.15) is 24.0 Å². The second kappa shape index (κ2) is 9.92. The molecule has 29 heavy (non-hydrogen) atoms. The molecule has 1 aliphatic heterocycles. The number of likely N-dealkylation sites (tertiary alicyclic amines) is 1. The lowest BCUT2D eigenvalue weighted by atomic mass is 9.95. The number of rotatable bonds is 6. The van der Waals surface area contributed by atoms with E-state index in [0.717, 1.165) is 16.8 Å². The lowest BCUT2D eigenvalue weighted by molar-refractivity contribution is -0.132. The maximum atomic E-state index is 12.5. The van der Waals surface area contributed by atoms with Gasteiger partial charge < -0.3 is 15.1 Å². The molecule has 0 spiro atoms. The number of piperidine rings is 1. The van der Waals surface area contributed by atoms with Gasteiger partial charge in [0.2, 0.25) is 11.8 Å². The lowest BCUT2D eigenvalue weighted by Gasteiger charge is -2.30. The molecule has 2 aromatic rings. The smallest absolute Gasteiger partial charge is 0.246 e. The van der Waals surface area contributed by atoms with Crippen molar-refractivity contribution in [3.05, 3.63) is 71.8 Å². The normalized spacial score (nSPS) is 14.8. The zero-order chi connectivity index (χ0) is 20.6. The summed E-state index contributed by atoms with van der Waals surface area (Å²) in [4.78, 5) is 28.7. The highest BCUT2D eigenvalue weighted by Gasteiger charge is 2.26. The Morgan fingerprint density at radius 3 is 2.31 bits per heavy atom. The van der Waals surface area contributed by atoms with Crippen LogP contribution < -0.4 is 10.2 Å². The fourth-order valence-corrected chi connectivity index (χ4v) is 3.44. The summed E-state index contributed by atoms with van der Waals surface area (Å²) < 4.78 is 0. The molecule has 1 fully saturated rings. The van der Waals surface area contributed by atoms with Crippen molar-refractivity contribution in [2.75, 3.05) is 32.1 Å². The van der Waals surface area contributed by atoms with Gasteiger partial charge in [-0.05, 0) is 42.2 Å². The number of hydrogen-bond acceptors (Lipinski definition) is 3. The molecule has 0 atom stereocenters. The van der Waals surface area contributed by atoms with Crippen LogP contribution in [0, 0.1) is 5.92 Å². The quantitative estimate of drug-likeness (QED) is 0.769. The van der Waals surface area contributed by atoms with Crippen molar-refractivity contribution in [1.29, 1.82) is 0 Å². The van der Waals surface area contributed by atoms with Crippen LogP contribution in [0.2, 0.25) is 0 Å². The fourth-order valence-electron chi connectivity index (χ4n) is 3.44. The molecular weight excluding hydrogens is 362 g/mol. The first-order chi connectivity index (χ1) is 14.0. The van der Waals surface area contributed by atoms with Crippen molar-refractivity contribution in [2.45, 2.75) is 19.4 Å². The number of carbonyl (C=O) groups excluding carboxylic acids is 2. The van der Waals surface area contributed by atoms with Gasteiger partial charge in [-0.1, -0.05) is 42.5 Å². The highest BCUT2D eigenvalue weighted by molar-refractivity contribution is 5.92. The minimum Gasteiger partial charge on any atom is -0.378 e. The van der Waals surface area contributed by atoms with Crippen LogP contribution in [0.4, 0.5) is 5.69 Å². The van der Waals surface area contributed by atoms with E-state index in [0.29, 0.717) is 32.5 Å². The van der Waals surface area contributed by atoms with Gasteiger partial charge in [-0.15, -0.1) is 0 Å². The molecule has 0 unspecified atom stereocenters. The minimum atomic E-state index is -0.0294. The van der Waals surface area contributed by atoms with Crippen LogP contribution >= 0.6 is 0 Å². The van der Waals surface area contributed by atoms with Crippen molar-refractivity contribution in [3.8, 4) is 0 Å². The number of carbonyl (C=O) groups is 2. The lowest BCUT2D eigenvalue weighted by Crippen LogP contribution is -2.42. The molecule has 2 amide bonds. The molecule has 1 heterocycles. The average Bonchev–Trinajstić information content (AvgIpc) is 2.77. The third kappa shape index (κ3) is 5.95. The number of amides is 2. The average molecular weight is 392 g/mol. The zero-order valence-electron chi connectivity index (χ0n) is 17.2. The van der Waals surface area contributed by atoms with Crippen LogP contribution in [-0.2, 0) is 16.1 Å². The summed E-state index contributed by atoms with van der Waals surface area (Å²) in [6.07, 6.45) is 4.86. The van der Waals surface area contributed by atoms with Crippen LogP contribution in [0.5, 0.6) is 0 Å². The van der Waals surface area contributed by atoms with Gasteiger partial charge >= 0.3 is 0 Å². The molecule has 0 aliphatic carbocycles. The molecule has 0 aromatic heterocycles. The predicted molar refractivity (Wildman–Crippen MR) is 117 cm³/mol. The summed E-state index contributed by atoms with van der Waals surface area (Å²) >= 11 is 0. The van der Waals surface area contributed by atoms with Crippen molar-refractivity contribution in [2.24, 2.45) is 5.92 Å². The van der Waals surface area contributed by atoms with Gasteiger partial charge in [0.05, 0.1) is 0 Å². The molecule has 5 nitrogen and oxygen atoms in total. The molecule has 152 valence electrons. The number of anilines is 1. The molecule has 0 saturated carbocycles. The first kappa shape index (κ1) is 20.6. The Morgan fingerprint density at radius 2 is 1.69 bits per heavy atom. The Morgan fingerprint density at radius 1 is 1.03 bits per heavy atom. The fraction of sp³-hybridized carbons (Fsp3) is 0.333. The van der Waals surface area contributed by atoms with Gasteiger partial charge in [0.25, 0.3) is 0 Å². The van der Waals surface area contributed by atoms with Crippen LogP contribution in [0.25, 0.3) is 6.08 Å². The molecule has 3 rings (SSSR count). The molecule has 1 aliphatic rings. The minimum absolute atomic E-state index is 0.00805. The third-order valence-corrected chi connectivity index (χ3v) is 5.31. The molecule has 1 saturated heterocycles. The summed E-state index contributed by atoms with van der Waals surface area (Å²) in [6, 6.07) is 18.0. The molecule has 1 N–H and O–H groups in total. The van der Waals surface area contributed by atoms with E-state index in [4.69, 9.17) is 0 Å². The second-order valence-electron chi connectivity index (χ2n) is 7.62. The van der Waals surface area contributed by atoms with E-state index in [2.05, 4.69) is 17.4 Å². The van der Waals surface area contributed by atoms with E-state index in [9.17, 15) is 9.59 Å². The topological polar surface area (TPSA) is 52.7 Å². The maximum Gasteiger partial charge on any atom is 0.246 e. The Kier molecular flexibility index (Phi) is 7.06. The van der Waals surface area contributed by atoms with E-state index in [1.807, 2.05) is 72.4 Å². The van der Waals surface area contributed by atoms with Crippen molar-refractivity contribution >= 4 is 23.6 Å². The van der Waals surface area contributed by atoms with Gasteiger partial charge in [-0.25, -0.2) is 0 Å². The van der Waals surface area contributed by atoms with E-state index >= 15 is 0 Å². The monoisotopic (exact) mass is 391 g/mol. The summed E-state index contributed by atoms with van der Waals surface area (Å²) in [7, 11) is 4.01. The van der Waals surface area contributed by atoms with Crippen LogP contribution in [0.15, 0.2) is 60.7 Å². The summed E-state index contributed by atoms with van der Waals surface area (Å²) in [5.74, 6) is 0.0560. The zero-order valence-corrected chi connectivity index (χ0v) is 17.2. The van der Waals surface area contributed by atoms with Gasteiger partial charge in [0.15, 0.2) is 0 Å². The largest absolute Gasteiger partial charge is 0.378 e. The van der Waals surface area contributed by atoms with Crippen molar-refractivity contribution < 1.29 is 9.59 Å². The van der Waals surface area contributed by atoms with Crippen LogP contribution in [-0.4, -0.2) is 43.9 Å². The molecular formula is C24H29N3O2. The highest BCUT2D eigenvalue weighted by atomic mass is 16.2. The summed E-state index contributed by atoms with van der Waals surface area (Å²) in [6.45, 7) is 1.77. The first-order valence-corrected chi connectivity index (χ1v) is 10.1. The molecule has 2 aromatic carbocycles. The van der Waals surface area contributed by atoms with Crippen molar-refractivity contribution in [1.82, 2.24) is 10.2 Å². The molecule has 5 heteroatoms. The van der Waals surface area contributed by atoms with Gasteiger partial charge in [0.1, 0.15) is 0 Å². The number of hydrogen-bond donors (Lipinski definition) is 1. The van der Waals surface area contributed by atoms with E-state index in [-0.39, 0.29) is 17.7 Å². The van der Waals surface area contributed by atoms with Gasteiger partial charge in [0, 0.05) is 51.4 Å². The Hall–Kier alpha value is -3.08. The second-order valence-corrected chi connectivity index (χ2v) is 7.62. The third-order valence-electron chi connectivity index (χ3n) is 5.31. The Balaban J connectivity index is 1.43. The predicted octanol–water partition coefficient (Wildman–Crippen LogP) is 3.32. The first-order valence-electron chi connectivity index (χ1n) is 10.1. The van der Waals surface area contributed by atoms with Crippen molar-refractivity contribution in [3.63, 3.8) is 0 Å². The number of nitrogens with one attached hydrogen (secondary N) is 1.